The van der Waals surface area contributed by atoms with Crippen molar-refractivity contribution in [1.29, 1.82) is 0 Å². The maximum absolute atomic E-state index is 12.9. The summed E-state index contributed by atoms with van der Waals surface area (Å²) in [6.45, 7) is 4.44. The highest BCUT2D eigenvalue weighted by molar-refractivity contribution is 9.10. The Morgan fingerprint density at radius 1 is 1.21 bits per heavy atom. The number of carbonyl (C=O) groups is 1. The Balaban J connectivity index is 1.88. The van der Waals surface area contributed by atoms with E-state index in [0.717, 1.165) is 21.4 Å². The van der Waals surface area contributed by atoms with Crippen LogP contribution in [0.25, 0.3) is 0 Å². The third-order valence-corrected chi connectivity index (χ3v) is 7.37. The maximum Gasteiger partial charge on any atom is 0.285 e. The van der Waals surface area contributed by atoms with Crippen LogP contribution in [0.4, 0.5) is 0 Å². The quantitative estimate of drug-likeness (QED) is 0.511. The molecule has 28 heavy (non-hydrogen) atoms. The molecule has 5 nitrogen and oxygen atoms in total. The summed E-state index contributed by atoms with van der Waals surface area (Å²) in [6, 6.07) is 13.6. The molecule has 146 valence electrons. The second kappa shape index (κ2) is 8.19. The van der Waals surface area contributed by atoms with Crippen LogP contribution in [0.5, 0.6) is 0 Å². The zero-order valence-corrected chi connectivity index (χ0v) is 18.8. The third-order valence-electron chi connectivity index (χ3n) is 4.31. The molecular weight excluding hydrogens is 462 g/mol. The number of rotatable bonds is 4. The molecule has 1 aromatic heterocycles. The van der Waals surface area contributed by atoms with Crippen molar-refractivity contribution < 1.29 is 9.00 Å². The molecule has 0 aliphatic heterocycles. The fourth-order valence-corrected chi connectivity index (χ4v) is 4.33. The summed E-state index contributed by atoms with van der Waals surface area (Å²) in [7, 11) is -2.86. The van der Waals surface area contributed by atoms with Gasteiger partial charge in [-0.2, -0.15) is 9.46 Å². The minimum Gasteiger partial charge on any atom is -0.266 e. The average molecular weight is 481 g/mol. The summed E-state index contributed by atoms with van der Waals surface area (Å²) in [5.74, 6) is -0.515. The monoisotopic (exact) mass is 479 g/mol. The summed E-state index contributed by atoms with van der Waals surface area (Å²) in [5.41, 5.74) is 3.22. The normalized spacial score (nSPS) is 13.2. The molecule has 0 aliphatic rings. The van der Waals surface area contributed by atoms with Crippen molar-refractivity contribution >= 4 is 43.2 Å². The van der Waals surface area contributed by atoms with Crippen LogP contribution in [0.2, 0.25) is 5.02 Å². The minimum atomic E-state index is -2.86. The van der Waals surface area contributed by atoms with E-state index in [0.29, 0.717) is 22.0 Å². The largest absolute Gasteiger partial charge is 0.285 e. The summed E-state index contributed by atoms with van der Waals surface area (Å²) in [5, 5.41) is 5.03. The fourth-order valence-electron chi connectivity index (χ4n) is 2.76. The van der Waals surface area contributed by atoms with Gasteiger partial charge in [-0.15, -0.1) is 0 Å². The first-order chi connectivity index (χ1) is 13.2. The van der Waals surface area contributed by atoms with Crippen LogP contribution in [-0.2, 0) is 16.3 Å². The van der Waals surface area contributed by atoms with Gasteiger partial charge in [0.05, 0.1) is 32.1 Å². The highest BCUT2D eigenvalue weighted by Gasteiger charge is 2.13. The summed E-state index contributed by atoms with van der Waals surface area (Å²) in [6.07, 6.45) is 1.45. The Morgan fingerprint density at radius 3 is 2.50 bits per heavy atom. The molecule has 0 radical (unpaired) electrons. The predicted molar refractivity (Wildman–Crippen MR) is 115 cm³/mol. The van der Waals surface area contributed by atoms with Crippen LogP contribution < -0.4 is 0 Å². The lowest BCUT2D eigenvalue weighted by atomic mass is 10.1. The first-order valence-corrected chi connectivity index (χ1v) is 11.6. The number of aromatic nitrogens is 2. The van der Waals surface area contributed by atoms with Crippen LogP contribution in [0.3, 0.4) is 0 Å². The molecule has 1 amide bonds. The van der Waals surface area contributed by atoms with E-state index in [9.17, 15) is 9.00 Å². The molecular formula is C20H19BrClN3O2S. The number of amides is 1. The van der Waals surface area contributed by atoms with Gasteiger partial charge in [-0.1, -0.05) is 23.7 Å². The fraction of sp³-hybridized carbons (Fsp3) is 0.200. The second-order valence-electron chi connectivity index (χ2n) is 6.50. The van der Waals surface area contributed by atoms with E-state index in [1.165, 1.54) is 6.26 Å². The Morgan fingerprint density at radius 2 is 1.89 bits per heavy atom. The number of hydrogen-bond donors (Lipinski definition) is 0. The molecule has 0 unspecified atom stereocenters. The Hall–Kier alpha value is -1.96. The van der Waals surface area contributed by atoms with Crippen molar-refractivity contribution in [2.45, 2.75) is 25.3 Å². The molecule has 0 N–H and O–H groups in total. The first kappa shape index (κ1) is 20.8. The van der Waals surface area contributed by atoms with E-state index in [-0.39, 0.29) is 0 Å². The highest BCUT2D eigenvalue weighted by atomic mass is 79.9. The number of benzene rings is 2. The predicted octanol–water partition coefficient (Wildman–Crippen LogP) is 5.26. The van der Waals surface area contributed by atoms with E-state index in [1.54, 1.807) is 42.5 Å². The van der Waals surface area contributed by atoms with E-state index in [1.807, 2.05) is 24.6 Å². The average Bonchev–Trinajstić information content (AvgIpc) is 2.89. The molecule has 8 heteroatoms. The third kappa shape index (κ3) is 4.54. The maximum atomic E-state index is 12.9. The van der Waals surface area contributed by atoms with E-state index in [2.05, 4.69) is 25.4 Å². The topological polar surface area (TPSA) is 64.3 Å². The van der Waals surface area contributed by atoms with Crippen LogP contribution >= 0.6 is 27.5 Å². The molecule has 3 rings (SSSR count). The molecule has 2 aromatic carbocycles. The zero-order valence-electron chi connectivity index (χ0n) is 15.6. The van der Waals surface area contributed by atoms with Gasteiger partial charge in [-0.3, -0.25) is 9.48 Å². The van der Waals surface area contributed by atoms with Crippen LogP contribution in [0.15, 0.2) is 62.3 Å². The van der Waals surface area contributed by atoms with Gasteiger partial charge in [0.15, 0.2) is 0 Å². The van der Waals surface area contributed by atoms with E-state index in [4.69, 9.17) is 11.6 Å². The first-order valence-electron chi connectivity index (χ1n) is 8.48. The molecule has 0 saturated heterocycles. The lowest BCUT2D eigenvalue weighted by molar-refractivity contribution is 0.100. The van der Waals surface area contributed by atoms with E-state index >= 15 is 0 Å². The molecule has 1 heterocycles. The standard InChI is InChI=1S/C20H19BrClN3O2S/c1-13-19(21)14(2)25(23-13)12-15-5-4-6-16(11-15)20(26)24-28(3,27)18-9-7-17(22)8-10-18/h4-11H,12H2,1-3H3/t28-/m1/s1. The highest BCUT2D eigenvalue weighted by Crippen LogP contribution is 2.21. The van der Waals surface area contributed by atoms with E-state index < -0.39 is 15.6 Å². The van der Waals surface area contributed by atoms with Crippen molar-refractivity contribution in [3.05, 3.63) is 80.5 Å². The van der Waals surface area contributed by atoms with Gasteiger partial charge >= 0.3 is 0 Å². The molecule has 0 spiro atoms. The van der Waals surface area contributed by atoms with Crippen molar-refractivity contribution in [1.82, 2.24) is 9.78 Å². The molecule has 0 fully saturated rings. The van der Waals surface area contributed by atoms with Crippen molar-refractivity contribution in [3.8, 4) is 0 Å². The van der Waals surface area contributed by atoms with Gasteiger partial charge < -0.3 is 0 Å². The Bertz CT molecular complexity index is 1160. The number of halogens is 2. The number of carbonyl (C=O) groups excluding carboxylic acids is 1. The summed E-state index contributed by atoms with van der Waals surface area (Å²) < 4.78 is 19.7. The Labute approximate surface area is 178 Å². The summed E-state index contributed by atoms with van der Waals surface area (Å²) >= 11 is 9.39. The van der Waals surface area contributed by atoms with Crippen LogP contribution in [0.1, 0.15) is 27.3 Å². The SMILES string of the molecule is Cc1nn(Cc2cccc(C(=O)N=[S@](C)(=O)c3ccc(Cl)cc3)c2)c(C)c1Br. The van der Waals surface area contributed by atoms with Gasteiger partial charge in [0.2, 0.25) is 0 Å². The van der Waals surface area contributed by atoms with Crippen LogP contribution in [0, 0.1) is 13.8 Å². The van der Waals surface area contributed by atoms with Gasteiger partial charge in [-0.05, 0) is 71.7 Å². The number of nitrogens with zero attached hydrogens (tertiary/aromatic N) is 3. The van der Waals surface area contributed by atoms with Crippen molar-refractivity contribution in [3.63, 3.8) is 0 Å². The zero-order chi connectivity index (χ0) is 20.5. The van der Waals surface area contributed by atoms with Gasteiger partial charge in [-0.25, -0.2) is 4.21 Å². The van der Waals surface area contributed by atoms with Gasteiger partial charge in [0, 0.05) is 21.7 Å². The minimum absolute atomic E-state index is 0.390. The number of aryl methyl sites for hydroxylation is 1. The molecule has 0 bridgehead atoms. The summed E-state index contributed by atoms with van der Waals surface area (Å²) in [4.78, 5) is 13.1. The van der Waals surface area contributed by atoms with Crippen LogP contribution in [-0.4, -0.2) is 26.2 Å². The second-order valence-corrected chi connectivity index (χ2v) is 9.98. The lowest BCUT2D eigenvalue weighted by Crippen LogP contribution is -2.07. The molecule has 1 atom stereocenters. The van der Waals surface area contributed by atoms with Crippen molar-refractivity contribution in [2.75, 3.05) is 6.26 Å². The molecule has 3 aromatic rings. The molecule has 0 saturated carbocycles. The Kier molecular flexibility index (Phi) is 6.07. The number of hydrogen-bond acceptors (Lipinski definition) is 3. The van der Waals surface area contributed by atoms with Gasteiger partial charge in [0.25, 0.3) is 5.91 Å². The smallest absolute Gasteiger partial charge is 0.266 e. The molecule has 0 aliphatic carbocycles. The lowest BCUT2D eigenvalue weighted by Gasteiger charge is -2.07. The van der Waals surface area contributed by atoms with Crippen molar-refractivity contribution in [2.24, 2.45) is 4.36 Å². The van der Waals surface area contributed by atoms with Gasteiger partial charge in [0.1, 0.15) is 0 Å².